The fraction of sp³-hybridized carbons (Fsp3) is 0.458. The standard InChI is InChI=1S/C24H28N4O2/c1-16-6-5-7-19-18(16)12-17(14-25-19)20-13-21-24(9-11-28(21)26-20)8-10-27(15-24)22(29)30-23(2,3)4/h5-7,12-14H,8-11,15H2,1-4H3. The molecule has 1 amide bonds. The Hall–Kier alpha value is -2.89. The molecule has 2 aliphatic heterocycles. The molecule has 30 heavy (non-hydrogen) atoms. The van der Waals surface area contributed by atoms with Gasteiger partial charge in [0.15, 0.2) is 0 Å². The summed E-state index contributed by atoms with van der Waals surface area (Å²) >= 11 is 0. The van der Waals surface area contributed by atoms with E-state index in [9.17, 15) is 4.79 Å². The molecule has 2 aliphatic rings. The van der Waals surface area contributed by atoms with Gasteiger partial charge in [0.1, 0.15) is 5.60 Å². The number of amides is 1. The van der Waals surface area contributed by atoms with E-state index in [0.29, 0.717) is 6.54 Å². The van der Waals surface area contributed by atoms with Crippen LogP contribution in [-0.4, -0.2) is 44.4 Å². The molecule has 5 rings (SSSR count). The molecule has 1 spiro atoms. The second-order valence-corrected chi connectivity index (χ2v) is 9.69. The lowest BCUT2D eigenvalue weighted by Crippen LogP contribution is -2.37. The van der Waals surface area contributed by atoms with Crippen molar-refractivity contribution in [3.8, 4) is 11.3 Å². The van der Waals surface area contributed by atoms with Crippen molar-refractivity contribution in [1.82, 2.24) is 19.7 Å². The maximum atomic E-state index is 12.6. The highest BCUT2D eigenvalue weighted by atomic mass is 16.6. The number of likely N-dealkylation sites (tertiary alicyclic amines) is 1. The van der Waals surface area contributed by atoms with Crippen LogP contribution in [0.25, 0.3) is 22.2 Å². The van der Waals surface area contributed by atoms with Crippen LogP contribution in [-0.2, 0) is 16.7 Å². The van der Waals surface area contributed by atoms with Gasteiger partial charge in [0.2, 0.25) is 0 Å². The maximum absolute atomic E-state index is 12.6. The van der Waals surface area contributed by atoms with Crippen LogP contribution in [0.15, 0.2) is 36.5 Å². The number of rotatable bonds is 1. The van der Waals surface area contributed by atoms with Gasteiger partial charge in [0.25, 0.3) is 0 Å². The van der Waals surface area contributed by atoms with E-state index in [1.807, 2.05) is 44.0 Å². The summed E-state index contributed by atoms with van der Waals surface area (Å²) in [6, 6.07) is 10.6. The molecule has 0 bridgehead atoms. The number of aromatic nitrogens is 3. The van der Waals surface area contributed by atoms with E-state index >= 15 is 0 Å². The largest absolute Gasteiger partial charge is 0.444 e. The van der Waals surface area contributed by atoms with Gasteiger partial charge in [-0.05, 0) is 64.3 Å². The highest BCUT2D eigenvalue weighted by Crippen LogP contribution is 2.44. The average Bonchev–Trinajstić information content (AvgIpc) is 3.38. The van der Waals surface area contributed by atoms with Crippen molar-refractivity contribution in [3.05, 3.63) is 47.8 Å². The second-order valence-electron chi connectivity index (χ2n) is 9.69. The first-order valence-electron chi connectivity index (χ1n) is 10.7. The minimum atomic E-state index is -0.474. The number of carbonyl (C=O) groups is 1. The monoisotopic (exact) mass is 404 g/mol. The number of ether oxygens (including phenoxy) is 1. The minimum absolute atomic E-state index is 0.0254. The SMILES string of the molecule is Cc1cccc2ncc(-c3cc4n(n3)CCC43CCN(C(=O)OC(C)(C)C)C3)cc12. The molecule has 3 aromatic rings. The molecule has 1 saturated heterocycles. The molecule has 0 radical (unpaired) electrons. The van der Waals surface area contributed by atoms with Gasteiger partial charge in [-0.3, -0.25) is 9.67 Å². The highest BCUT2D eigenvalue weighted by Gasteiger charge is 2.47. The Morgan fingerprint density at radius 3 is 2.77 bits per heavy atom. The van der Waals surface area contributed by atoms with Crippen LogP contribution >= 0.6 is 0 Å². The van der Waals surface area contributed by atoms with Crippen LogP contribution in [0.2, 0.25) is 0 Å². The molecule has 4 heterocycles. The van der Waals surface area contributed by atoms with Crippen molar-refractivity contribution in [3.63, 3.8) is 0 Å². The number of carbonyl (C=O) groups excluding carboxylic acids is 1. The van der Waals surface area contributed by atoms with E-state index in [4.69, 9.17) is 9.84 Å². The van der Waals surface area contributed by atoms with E-state index in [1.165, 1.54) is 11.3 Å². The first kappa shape index (κ1) is 19.1. The average molecular weight is 405 g/mol. The first-order chi connectivity index (χ1) is 14.2. The molecular formula is C24H28N4O2. The van der Waals surface area contributed by atoms with Gasteiger partial charge in [-0.15, -0.1) is 0 Å². The summed E-state index contributed by atoms with van der Waals surface area (Å²) < 4.78 is 7.72. The Morgan fingerprint density at radius 2 is 1.97 bits per heavy atom. The quantitative estimate of drug-likeness (QED) is 0.590. The molecule has 6 nitrogen and oxygen atoms in total. The van der Waals surface area contributed by atoms with Crippen molar-refractivity contribution in [2.24, 2.45) is 0 Å². The zero-order valence-corrected chi connectivity index (χ0v) is 18.1. The number of nitrogens with zero attached hydrogens (tertiary/aromatic N) is 4. The Kier molecular flexibility index (Phi) is 4.17. The van der Waals surface area contributed by atoms with E-state index in [-0.39, 0.29) is 11.5 Å². The van der Waals surface area contributed by atoms with E-state index < -0.39 is 5.60 Å². The molecule has 6 heteroatoms. The van der Waals surface area contributed by atoms with Gasteiger partial charge in [-0.25, -0.2) is 4.79 Å². The molecule has 156 valence electrons. The summed E-state index contributed by atoms with van der Waals surface area (Å²) in [5.74, 6) is 0. The lowest BCUT2D eigenvalue weighted by atomic mass is 9.82. The highest BCUT2D eigenvalue weighted by molar-refractivity contribution is 5.85. The summed E-state index contributed by atoms with van der Waals surface area (Å²) in [7, 11) is 0. The van der Waals surface area contributed by atoms with E-state index in [2.05, 4.69) is 34.8 Å². The van der Waals surface area contributed by atoms with Crippen molar-refractivity contribution < 1.29 is 9.53 Å². The van der Waals surface area contributed by atoms with Crippen molar-refractivity contribution in [2.75, 3.05) is 13.1 Å². The lowest BCUT2D eigenvalue weighted by molar-refractivity contribution is 0.0284. The topological polar surface area (TPSA) is 60.2 Å². The zero-order valence-electron chi connectivity index (χ0n) is 18.1. The third-order valence-electron chi connectivity index (χ3n) is 6.37. The molecule has 0 N–H and O–H groups in total. The second kappa shape index (κ2) is 6.56. The third kappa shape index (κ3) is 3.15. The molecule has 1 aromatic carbocycles. The van der Waals surface area contributed by atoms with Gasteiger partial charge in [0, 0.05) is 47.9 Å². The van der Waals surface area contributed by atoms with Gasteiger partial charge in [-0.2, -0.15) is 5.10 Å². The number of aryl methyl sites for hydroxylation is 2. The summed E-state index contributed by atoms with van der Waals surface area (Å²) in [5, 5.41) is 6.05. The maximum Gasteiger partial charge on any atom is 0.410 e. The third-order valence-corrected chi connectivity index (χ3v) is 6.37. The zero-order chi connectivity index (χ0) is 21.1. The fourth-order valence-electron chi connectivity index (χ4n) is 4.81. The van der Waals surface area contributed by atoms with Gasteiger partial charge in [0.05, 0.1) is 11.2 Å². The summed E-state index contributed by atoms with van der Waals surface area (Å²) in [4.78, 5) is 19.1. The number of hydrogen-bond acceptors (Lipinski definition) is 4. The van der Waals surface area contributed by atoms with Gasteiger partial charge in [-0.1, -0.05) is 12.1 Å². The Morgan fingerprint density at radius 1 is 1.17 bits per heavy atom. The predicted molar refractivity (Wildman–Crippen MR) is 116 cm³/mol. The van der Waals surface area contributed by atoms with Crippen LogP contribution in [0.3, 0.4) is 0 Å². The number of pyridine rings is 1. The van der Waals surface area contributed by atoms with Crippen molar-refractivity contribution in [1.29, 1.82) is 0 Å². The van der Waals surface area contributed by atoms with Gasteiger partial charge >= 0.3 is 6.09 Å². The smallest absolute Gasteiger partial charge is 0.410 e. The first-order valence-corrected chi connectivity index (χ1v) is 10.7. The Balaban J connectivity index is 1.44. The normalized spacial score (nSPS) is 20.9. The molecular weight excluding hydrogens is 376 g/mol. The van der Waals surface area contributed by atoms with Crippen LogP contribution in [0.1, 0.15) is 44.9 Å². The van der Waals surface area contributed by atoms with Crippen LogP contribution in [0.4, 0.5) is 4.79 Å². The van der Waals surface area contributed by atoms with Crippen LogP contribution in [0, 0.1) is 6.92 Å². The van der Waals surface area contributed by atoms with E-state index in [1.54, 1.807) is 0 Å². The molecule has 1 atom stereocenters. The Bertz CT molecular complexity index is 1140. The molecule has 2 aromatic heterocycles. The Labute approximate surface area is 176 Å². The van der Waals surface area contributed by atoms with E-state index in [0.717, 1.165) is 48.1 Å². The minimum Gasteiger partial charge on any atom is -0.444 e. The predicted octanol–water partition coefficient (Wildman–Crippen LogP) is 4.69. The fourth-order valence-corrected chi connectivity index (χ4v) is 4.81. The van der Waals surface area contributed by atoms with Crippen LogP contribution < -0.4 is 0 Å². The number of benzene rings is 1. The van der Waals surface area contributed by atoms with Crippen LogP contribution in [0.5, 0.6) is 0 Å². The summed E-state index contributed by atoms with van der Waals surface area (Å²) in [5.41, 5.74) is 4.95. The lowest BCUT2D eigenvalue weighted by Gasteiger charge is -2.26. The summed E-state index contributed by atoms with van der Waals surface area (Å²) in [6.45, 7) is 10.2. The molecule has 1 unspecified atom stereocenters. The number of fused-ring (bicyclic) bond motifs is 3. The molecule has 1 fully saturated rings. The molecule has 0 saturated carbocycles. The van der Waals surface area contributed by atoms with Crippen molar-refractivity contribution >= 4 is 17.0 Å². The number of hydrogen-bond donors (Lipinski definition) is 0. The van der Waals surface area contributed by atoms with Crippen molar-refractivity contribution in [2.45, 2.75) is 58.1 Å². The summed E-state index contributed by atoms with van der Waals surface area (Å²) in [6.07, 6.45) is 3.66. The van der Waals surface area contributed by atoms with Gasteiger partial charge < -0.3 is 9.64 Å². The molecule has 0 aliphatic carbocycles.